The highest BCUT2D eigenvalue weighted by atomic mass is 16.7. The molecule has 1 aliphatic heterocycles. The Hall–Kier alpha value is -1.59. The Bertz CT molecular complexity index is 472. The van der Waals surface area contributed by atoms with Gasteiger partial charge in [-0.05, 0) is 12.1 Å². The minimum Gasteiger partial charge on any atom is -0.467 e. The zero-order chi connectivity index (χ0) is 13.8. The van der Waals surface area contributed by atoms with E-state index in [9.17, 15) is 4.79 Å². The Morgan fingerprint density at radius 2 is 2.26 bits per heavy atom. The summed E-state index contributed by atoms with van der Waals surface area (Å²) in [5.41, 5.74) is 7.72. The first kappa shape index (κ1) is 13.8. The summed E-state index contributed by atoms with van der Waals surface area (Å²) in [6.07, 6.45) is 0.416. The zero-order valence-corrected chi connectivity index (χ0v) is 11.4. The van der Waals surface area contributed by atoms with Gasteiger partial charge >= 0.3 is 0 Å². The number of benzene rings is 1. The molecule has 1 aliphatic rings. The molecule has 0 radical (unpaired) electrons. The maximum atomic E-state index is 12.3. The lowest BCUT2D eigenvalue weighted by atomic mass is 9.98. The molecule has 0 atom stereocenters. The Labute approximate surface area is 113 Å². The van der Waals surface area contributed by atoms with Crippen LogP contribution in [0.25, 0.3) is 0 Å². The van der Waals surface area contributed by atoms with Crippen molar-refractivity contribution in [1.82, 2.24) is 5.32 Å². The molecule has 19 heavy (non-hydrogen) atoms. The minimum atomic E-state index is 0.0246. The average Bonchev–Trinajstić information content (AvgIpc) is 2.38. The summed E-state index contributed by atoms with van der Waals surface area (Å²) in [7, 11) is 0. The lowest BCUT2D eigenvalue weighted by Crippen LogP contribution is -2.26. The second kappa shape index (κ2) is 6.04. The second-order valence-corrected chi connectivity index (χ2v) is 4.90. The van der Waals surface area contributed by atoms with E-state index in [0.29, 0.717) is 42.6 Å². The number of fused-ring (bicyclic) bond motifs is 1. The van der Waals surface area contributed by atoms with Crippen LogP contribution in [0.1, 0.15) is 36.2 Å². The van der Waals surface area contributed by atoms with E-state index in [4.69, 9.17) is 15.2 Å². The van der Waals surface area contributed by atoms with E-state index in [0.717, 1.165) is 5.56 Å². The minimum absolute atomic E-state index is 0.0246. The van der Waals surface area contributed by atoms with Crippen molar-refractivity contribution in [3.8, 4) is 5.75 Å². The van der Waals surface area contributed by atoms with E-state index in [2.05, 4.69) is 5.32 Å². The molecule has 0 aromatic heterocycles. The predicted molar refractivity (Wildman–Crippen MR) is 73.2 cm³/mol. The SMILES string of the molecule is CC(C)NCCC(=O)c1c(N)ccc2c1COCO2. The number of hydrogen-bond acceptors (Lipinski definition) is 5. The van der Waals surface area contributed by atoms with Gasteiger partial charge in [0, 0.05) is 35.8 Å². The first-order chi connectivity index (χ1) is 9.09. The quantitative estimate of drug-likeness (QED) is 0.625. The number of carbonyl (C=O) groups excluding carboxylic acids is 1. The number of ketones is 1. The van der Waals surface area contributed by atoms with Gasteiger partial charge < -0.3 is 20.5 Å². The summed E-state index contributed by atoms with van der Waals surface area (Å²) < 4.78 is 10.6. The molecule has 104 valence electrons. The van der Waals surface area contributed by atoms with E-state index < -0.39 is 0 Å². The molecule has 0 saturated heterocycles. The summed E-state index contributed by atoms with van der Waals surface area (Å²) in [6, 6.07) is 3.87. The molecule has 1 aromatic rings. The van der Waals surface area contributed by atoms with Crippen LogP contribution in [0.2, 0.25) is 0 Å². The third-order valence-corrected chi connectivity index (χ3v) is 3.03. The number of Topliss-reactive ketones (excluding diaryl/α,β-unsaturated/α-hetero) is 1. The lowest BCUT2D eigenvalue weighted by molar-refractivity contribution is -0.0167. The summed E-state index contributed by atoms with van der Waals surface area (Å²) >= 11 is 0. The molecule has 0 unspecified atom stereocenters. The van der Waals surface area contributed by atoms with Crippen molar-refractivity contribution in [3.63, 3.8) is 0 Å². The van der Waals surface area contributed by atoms with Crippen LogP contribution in [-0.2, 0) is 11.3 Å². The maximum Gasteiger partial charge on any atom is 0.189 e. The molecule has 0 bridgehead atoms. The highest BCUT2D eigenvalue weighted by molar-refractivity contribution is 6.03. The van der Waals surface area contributed by atoms with E-state index >= 15 is 0 Å². The summed E-state index contributed by atoms with van der Waals surface area (Å²) in [5.74, 6) is 0.720. The van der Waals surface area contributed by atoms with Crippen LogP contribution >= 0.6 is 0 Å². The highest BCUT2D eigenvalue weighted by Crippen LogP contribution is 2.31. The van der Waals surface area contributed by atoms with Gasteiger partial charge in [-0.2, -0.15) is 0 Å². The topological polar surface area (TPSA) is 73.6 Å². The number of rotatable bonds is 5. The van der Waals surface area contributed by atoms with E-state index in [1.165, 1.54) is 0 Å². The van der Waals surface area contributed by atoms with Crippen molar-refractivity contribution in [3.05, 3.63) is 23.3 Å². The Kier molecular flexibility index (Phi) is 4.39. The molecule has 0 saturated carbocycles. The van der Waals surface area contributed by atoms with Gasteiger partial charge in [0.1, 0.15) is 5.75 Å². The van der Waals surface area contributed by atoms with E-state index in [-0.39, 0.29) is 12.6 Å². The molecule has 3 N–H and O–H groups in total. The average molecular weight is 264 g/mol. The van der Waals surface area contributed by atoms with Crippen molar-refractivity contribution in [2.45, 2.75) is 32.9 Å². The molecule has 0 fully saturated rings. The van der Waals surface area contributed by atoms with Crippen molar-refractivity contribution in [2.75, 3.05) is 19.1 Å². The van der Waals surface area contributed by atoms with Crippen LogP contribution in [0.4, 0.5) is 5.69 Å². The molecular formula is C14H20N2O3. The fourth-order valence-electron chi connectivity index (χ4n) is 2.10. The molecule has 5 nitrogen and oxygen atoms in total. The molecular weight excluding hydrogens is 244 g/mol. The van der Waals surface area contributed by atoms with Gasteiger partial charge in [-0.25, -0.2) is 0 Å². The van der Waals surface area contributed by atoms with Crippen LogP contribution < -0.4 is 15.8 Å². The highest BCUT2D eigenvalue weighted by Gasteiger charge is 2.21. The van der Waals surface area contributed by atoms with E-state index in [1.54, 1.807) is 12.1 Å². The van der Waals surface area contributed by atoms with Gasteiger partial charge in [0.15, 0.2) is 12.6 Å². The van der Waals surface area contributed by atoms with Crippen molar-refractivity contribution in [1.29, 1.82) is 0 Å². The fourth-order valence-corrected chi connectivity index (χ4v) is 2.10. The smallest absolute Gasteiger partial charge is 0.189 e. The third kappa shape index (κ3) is 3.24. The van der Waals surface area contributed by atoms with Gasteiger partial charge in [-0.1, -0.05) is 13.8 Å². The molecule has 1 heterocycles. The number of ether oxygens (including phenoxy) is 2. The zero-order valence-electron chi connectivity index (χ0n) is 11.4. The standard InChI is InChI=1S/C14H20N2O3/c1-9(2)16-6-5-12(17)14-10-7-18-8-19-13(10)4-3-11(14)15/h3-4,9,16H,5-8,15H2,1-2H3. The number of nitrogens with two attached hydrogens (primary N) is 1. The monoisotopic (exact) mass is 264 g/mol. The molecule has 2 rings (SSSR count). The van der Waals surface area contributed by atoms with Gasteiger partial charge in [0.2, 0.25) is 0 Å². The number of nitrogens with one attached hydrogen (secondary N) is 1. The van der Waals surface area contributed by atoms with Crippen LogP contribution in [0, 0.1) is 0 Å². The van der Waals surface area contributed by atoms with Crippen LogP contribution in [-0.4, -0.2) is 25.2 Å². The predicted octanol–water partition coefficient (Wildman–Crippen LogP) is 1.71. The number of nitrogen functional groups attached to an aromatic ring is 1. The summed E-state index contributed by atoms with van der Waals surface area (Å²) in [6.45, 7) is 5.33. The number of hydrogen-bond donors (Lipinski definition) is 2. The third-order valence-electron chi connectivity index (χ3n) is 3.03. The van der Waals surface area contributed by atoms with Crippen molar-refractivity contribution in [2.24, 2.45) is 0 Å². The van der Waals surface area contributed by atoms with Gasteiger partial charge in [-0.3, -0.25) is 4.79 Å². The molecule has 0 aliphatic carbocycles. The largest absolute Gasteiger partial charge is 0.467 e. The molecule has 0 spiro atoms. The molecule has 1 aromatic carbocycles. The van der Waals surface area contributed by atoms with Crippen molar-refractivity contribution < 1.29 is 14.3 Å². The Balaban J connectivity index is 2.16. The van der Waals surface area contributed by atoms with Crippen LogP contribution in [0.3, 0.4) is 0 Å². The van der Waals surface area contributed by atoms with Gasteiger partial charge in [0.05, 0.1) is 6.61 Å². The first-order valence-corrected chi connectivity index (χ1v) is 6.48. The van der Waals surface area contributed by atoms with E-state index in [1.807, 2.05) is 13.8 Å². The summed E-state index contributed by atoms with van der Waals surface area (Å²) in [4.78, 5) is 12.3. The first-order valence-electron chi connectivity index (χ1n) is 6.48. The summed E-state index contributed by atoms with van der Waals surface area (Å²) in [5, 5.41) is 3.22. The Morgan fingerprint density at radius 3 is 3.00 bits per heavy atom. The normalized spacial score (nSPS) is 14.1. The number of carbonyl (C=O) groups is 1. The maximum absolute atomic E-state index is 12.3. The molecule has 5 heteroatoms. The van der Waals surface area contributed by atoms with Crippen LogP contribution in [0.5, 0.6) is 5.75 Å². The van der Waals surface area contributed by atoms with Gasteiger partial charge in [0.25, 0.3) is 0 Å². The van der Waals surface area contributed by atoms with Gasteiger partial charge in [-0.15, -0.1) is 0 Å². The van der Waals surface area contributed by atoms with Crippen molar-refractivity contribution >= 4 is 11.5 Å². The lowest BCUT2D eigenvalue weighted by Gasteiger charge is -2.21. The number of anilines is 1. The Morgan fingerprint density at radius 1 is 1.47 bits per heavy atom. The van der Waals surface area contributed by atoms with Crippen LogP contribution in [0.15, 0.2) is 12.1 Å². The second-order valence-electron chi connectivity index (χ2n) is 4.90. The fraction of sp³-hybridized carbons (Fsp3) is 0.500. The molecule has 0 amide bonds.